The Bertz CT molecular complexity index is 1380. The average Bonchev–Trinajstić information content (AvgIpc) is 2.93. The molecule has 0 saturated heterocycles. The van der Waals surface area contributed by atoms with Crippen molar-refractivity contribution in [2.45, 2.75) is 58.7 Å². The predicted octanol–water partition coefficient (Wildman–Crippen LogP) is 5.22. The van der Waals surface area contributed by atoms with Crippen LogP contribution in [0.15, 0.2) is 78.9 Å². The van der Waals surface area contributed by atoms with Crippen molar-refractivity contribution < 1.29 is 18.0 Å². The van der Waals surface area contributed by atoms with Crippen LogP contribution in [0.5, 0.6) is 0 Å². The van der Waals surface area contributed by atoms with Gasteiger partial charge in [-0.05, 0) is 60.7 Å². The monoisotopic (exact) mass is 583 g/mol. The fraction of sp³-hybridized carbons (Fsp3) is 0.355. The number of anilines is 1. The topological polar surface area (TPSA) is 86.8 Å². The maximum Gasteiger partial charge on any atom is 0.244 e. The van der Waals surface area contributed by atoms with Crippen molar-refractivity contribution in [1.29, 1.82) is 0 Å². The van der Waals surface area contributed by atoms with Crippen LogP contribution in [0.1, 0.15) is 43.9 Å². The third-order valence-corrected chi connectivity index (χ3v) is 8.20. The minimum atomic E-state index is -3.81. The molecule has 3 aromatic carbocycles. The summed E-state index contributed by atoms with van der Waals surface area (Å²) in [6, 6.07) is 22.7. The van der Waals surface area contributed by atoms with Gasteiger partial charge in [0.25, 0.3) is 0 Å². The Kier molecular flexibility index (Phi) is 11.2. The summed E-state index contributed by atoms with van der Waals surface area (Å²) >= 11 is 6.25. The first kappa shape index (κ1) is 31.2. The van der Waals surface area contributed by atoms with Gasteiger partial charge < -0.3 is 10.2 Å². The van der Waals surface area contributed by atoms with E-state index in [9.17, 15) is 18.0 Å². The number of hydrogen-bond acceptors (Lipinski definition) is 4. The molecule has 9 heteroatoms. The first-order valence-electron chi connectivity index (χ1n) is 13.5. The highest BCUT2D eigenvalue weighted by atomic mass is 35.5. The molecule has 0 unspecified atom stereocenters. The SMILES string of the molecule is CCc1ccc(N(CC(=O)N(Cc2cccc(Cl)c2)[C@@H](Cc2ccccc2)C(=O)N[C@H](C)CC)S(C)(=O)=O)cc1. The minimum absolute atomic E-state index is 0.0805. The zero-order valence-corrected chi connectivity index (χ0v) is 25.1. The van der Waals surface area contributed by atoms with Crippen molar-refractivity contribution in [2.24, 2.45) is 0 Å². The number of amides is 2. The Labute approximate surface area is 243 Å². The second kappa shape index (κ2) is 14.3. The summed E-state index contributed by atoms with van der Waals surface area (Å²) in [6.45, 7) is 5.52. The van der Waals surface area contributed by atoms with Crippen molar-refractivity contribution >= 4 is 39.1 Å². The van der Waals surface area contributed by atoms with Crippen LogP contribution in [0.25, 0.3) is 0 Å². The van der Waals surface area contributed by atoms with Crippen LogP contribution in [0.4, 0.5) is 5.69 Å². The van der Waals surface area contributed by atoms with Crippen molar-refractivity contribution in [1.82, 2.24) is 10.2 Å². The summed E-state index contributed by atoms with van der Waals surface area (Å²) in [7, 11) is -3.81. The lowest BCUT2D eigenvalue weighted by atomic mass is 10.0. The van der Waals surface area contributed by atoms with Gasteiger partial charge >= 0.3 is 0 Å². The Morgan fingerprint density at radius 2 is 1.55 bits per heavy atom. The highest BCUT2D eigenvalue weighted by Gasteiger charge is 2.33. The van der Waals surface area contributed by atoms with Crippen molar-refractivity contribution in [2.75, 3.05) is 17.1 Å². The van der Waals surface area contributed by atoms with E-state index in [1.165, 1.54) is 4.90 Å². The molecule has 2 amide bonds. The predicted molar refractivity (Wildman–Crippen MR) is 162 cm³/mol. The number of hydrogen-bond donors (Lipinski definition) is 1. The van der Waals surface area contributed by atoms with Crippen molar-refractivity contribution in [3.63, 3.8) is 0 Å². The standard InChI is InChI=1S/C31H38ClN3O4S/c1-5-23(3)33-31(37)29(20-25-11-8-7-9-12-25)34(21-26-13-10-14-27(32)19-26)30(36)22-35(40(4,38)39)28-17-15-24(6-2)16-18-28/h7-19,23,29H,5-6,20-22H2,1-4H3,(H,33,37)/t23-,29+/m1/s1. The minimum Gasteiger partial charge on any atom is -0.352 e. The summed E-state index contributed by atoms with van der Waals surface area (Å²) in [5.74, 6) is -0.794. The number of carbonyl (C=O) groups excluding carboxylic acids is 2. The van der Waals surface area contributed by atoms with Crippen LogP contribution in [0.3, 0.4) is 0 Å². The summed E-state index contributed by atoms with van der Waals surface area (Å²) in [5, 5.41) is 3.52. The summed E-state index contributed by atoms with van der Waals surface area (Å²) in [5.41, 5.74) is 3.05. The Morgan fingerprint density at radius 3 is 2.12 bits per heavy atom. The largest absolute Gasteiger partial charge is 0.352 e. The summed E-state index contributed by atoms with van der Waals surface area (Å²) < 4.78 is 26.9. The fourth-order valence-electron chi connectivity index (χ4n) is 4.34. The fourth-order valence-corrected chi connectivity index (χ4v) is 5.40. The molecule has 0 aromatic heterocycles. The first-order chi connectivity index (χ1) is 19.0. The van der Waals surface area contributed by atoms with Gasteiger partial charge in [0.1, 0.15) is 12.6 Å². The quantitative estimate of drug-likeness (QED) is 0.299. The van der Waals surface area contributed by atoms with Crippen LogP contribution in [0.2, 0.25) is 5.02 Å². The van der Waals surface area contributed by atoms with Gasteiger partial charge in [-0.1, -0.05) is 80.0 Å². The zero-order valence-electron chi connectivity index (χ0n) is 23.5. The number of halogens is 1. The number of carbonyl (C=O) groups is 2. The van der Waals surface area contributed by atoms with Gasteiger partial charge in [0.05, 0.1) is 11.9 Å². The average molecular weight is 584 g/mol. The van der Waals surface area contributed by atoms with E-state index in [0.29, 0.717) is 10.7 Å². The normalized spacial score (nSPS) is 12.8. The molecule has 3 aromatic rings. The lowest BCUT2D eigenvalue weighted by molar-refractivity contribution is -0.140. The van der Waals surface area contributed by atoms with E-state index in [4.69, 9.17) is 11.6 Å². The molecule has 0 fully saturated rings. The third kappa shape index (κ3) is 8.83. The number of nitrogens with zero attached hydrogens (tertiary/aromatic N) is 2. The number of rotatable bonds is 13. The zero-order chi connectivity index (χ0) is 29.3. The molecule has 0 spiro atoms. The highest BCUT2D eigenvalue weighted by molar-refractivity contribution is 7.92. The van der Waals surface area contributed by atoms with Gasteiger partial charge in [-0.3, -0.25) is 13.9 Å². The third-order valence-electron chi connectivity index (χ3n) is 6.83. The van der Waals surface area contributed by atoms with E-state index in [1.54, 1.807) is 30.3 Å². The van der Waals surface area contributed by atoms with Gasteiger partial charge in [0, 0.05) is 24.0 Å². The Hall–Kier alpha value is -3.36. The maximum atomic E-state index is 14.1. The molecule has 40 heavy (non-hydrogen) atoms. The highest BCUT2D eigenvalue weighted by Crippen LogP contribution is 2.22. The molecule has 214 valence electrons. The molecule has 2 atom stereocenters. The number of aryl methyl sites for hydroxylation is 1. The molecule has 0 radical (unpaired) electrons. The molecule has 0 aliphatic carbocycles. The molecular weight excluding hydrogens is 546 g/mol. The summed E-state index contributed by atoms with van der Waals surface area (Å²) in [4.78, 5) is 29.2. The van der Waals surface area contributed by atoms with E-state index < -0.39 is 28.5 Å². The van der Waals surface area contributed by atoms with Crippen LogP contribution < -0.4 is 9.62 Å². The molecule has 0 aliphatic heterocycles. The van der Waals surface area contributed by atoms with Gasteiger partial charge in [-0.15, -0.1) is 0 Å². The molecular formula is C31H38ClN3O4S. The van der Waals surface area contributed by atoms with Crippen LogP contribution in [-0.2, 0) is 39.0 Å². The second-order valence-corrected chi connectivity index (χ2v) is 12.3. The molecule has 7 nitrogen and oxygen atoms in total. The maximum absolute atomic E-state index is 14.1. The molecule has 0 aliphatic rings. The Balaban J connectivity index is 2.05. The second-order valence-electron chi connectivity index (χ2n) is 9.96. The van der Waals surface area contributed by atoms with Gasteiger partial charge in [0.15, 0.2) is 0 Å². The molecule has 0 bridgehead atoms. The smallest absolute Gasteiger partial charge is 0.244 e. The van der Waals surface area contributed by atoms with E-state index in [2.05, 4.69) is 5.32 Å². The molecule has 3 rings (SSSR count). The molecule has 0 saturated carbocycles. The first-order valence-corrected chi connectivity index (χ1v) is 15.7. The van der Waals surface area contributed by atoms with E-state index in [-0.39, 0.29) is 24.9 Å². The van der Waals surface area contributed by atoms with E-state index in [0.717, 1.165) is 40.1 Å². The number of sulfonamides is 1. The molecule has 0 heterocycles. The van der Waals surface area contributed by atoms with E-state index >= 15 is 0 Å². The van der Waals surface area contributed by atoms with Crippen molar-refractivity contribution in [3.8, 4) is 0 Å². The number of benzene rings is 3. The van der Waals surface area contributed by atoms with Gasteiger partial charge in [-0.2, -0.15) is 0 Å². The Morgan fingerprint density at radius 1 is 0.900 bits per heavy atom. The lowest BCUT2D eigenvalue weighted by Gasteiger charge is -2.34. The molecule has 1 N–H and O–H groups in total. The number of nitrogens with one attached hydrogen (secondary N) is 1. The van der Waals surface area contributed by atoms with Gasteiger partial charge in [0.2, 0.25) is 21.8 Å². The van der Waals surface area contributed by atoms with Crippen LogP contribution in [0, 0.1) is 0 Å². The summed E-state index contributed by atoms with van der Waals surface area (Å²) in [6.07, 6.45) is 2.87. The lowest BCUT2D eigenvalue weighted by Crippen LogP contribution is -2.54. The van der Waals surface area contributed by atoms with Crippen LogP contribution in [-0.4, -0.2) is 50.0 Å². The van der Waals surface area contributed by atoms with Crippen LogP contribution >= 0.6 is 11.6 Å². The van der Waals surface area contributed by atoms with E-state index in [1.807, 2.05) is 69.3 Å². The van der Waals surface area contributed by atoms with Crippen molar-refractivity contribution in [3.05, 3.63) is 101 Å². The van der Waals surface area contributed by atoms with Gasteiger partial charge in [-0.25, -0.2) is 8.42 Å².